The number of carboxylic acid groups (broad SMARTS) is 3. The summed E-state index contributed by atoms with van der Waals surface area (Å²) in [6, 6.07) is 0. The van der Waals surface area contributed by atoms with Gasteiger partial charge in [0.2, 0.25) is 0 Å². The van der Waals surface area contributed by atoms with E-state index in [0.717, 1.165) is 56.3 Å². The molecule has 0 atom stereocenters. The van der Waals surface area contributed by atoms with Crippen LogP contribution in [0.1, 0.15) is 325 Å². The van der Waals surface area contributed by atoms with Gasteiger partial charge in [-0.05, 0) is 37.0 Å². The van der Waals surface area contributed by atoms with Gasteiger partial charge in [0.05, 0.1) is 0 Å². The highest BCUT2D eigenvalue weighted by molar-refractivity contribution is 5.67. The van der Waals surface area contributed by atoms with Gasteiger partial charge in [0.25, 0.3) is 5.97 Å². The minimum atomic E-state index is -0.833. The number of carboxylic acids is 3. The number of methoxy groups -OCH3 is 3. The summed E-state index contributed by atoms with van der Waals surface area (Å²) in [7, 11) is 4.66. The number of carbonyl (C=O) groups is 3. The lowest BCUT2D eigenvalue weighted by Crippen LogP contribution is -2.34. The molecule has 0 amide bonds. The zero-order valence-electron chi connectivity index (χ0n) is 47.9. The van der Waals surface area contributed by atoms with Gasteiger partial charge in [0.1, 0.15) is 0 Å². The van der Waals surface area contributed by atoms with E-state index in [0.29, 0.717) is 25.7 Å². The van der Waals surface area contributed by atoms with E-state index in [4.69, 9.17) is 29.5 Å². The van der Waals surface area contributed by atoms with Gasteiger partial charge in [-0.1, -0.05) is 280 Å². The minimum absolute atomic E-state index is 0.344. The Hall–Kier alpha value is -1.71. The number of rotatable bonds is 49. The fourth-order valence-electron chi connectivity index (χ4n) is 8.47. The summed E-state index contributed by atoms with van der Waals surface area (Å²) in [5.41, 5.74) is 0. The Labute approximate surface area is 429 Å². The Bertz CT molecular complexity index is 884. The molecule has 0 aromatic carbocycles. The molecule has 9 nitrogen and oxygen atoms in total. The van der Waals surface area contributed by atoms with Crippen molar-refractivity contribution in [3.05, 3.63) is 0 Å². The fraction of sp³-hybridized carbons (Fsp3) is 0.950. The Balaban J connectivity index is -0.000000421. The third-order valence-electron chi connectivity index (χ3n) is 13.1. The van der Waals surface area contributed by atoms with E-state index >= 15 is 0 Å². The average Bonchev–Trinajstić information content (AvgIpc) is 3.30. The van der Waals surface area contributed by atoms with E-state index in [2.05, 4.69) is 41.5 Å². The summed E-state index contributed by atoms with van der Waals surface area (Å²) < 4.78 is 14.8. The topological polar surface area (TPSA) is 140 Å². The Morgan fingerprint density at radius 3 is 0.551 bits per heavy atom. The van der Waals surface area contributed by atoms with E-state index in [-0.39, 0.29) is 0 Å². The highest BCUT2D eigenvalue weighted by Gasteiger charge is 2.26. The number of hydrogen-bond acceptors (Lipinski definition) is 6. The molecule has 0 unspecified atom stereocenters. The lowest BCUT2D eigenvalue weighted by Gasteiger charge is -2.26. The van der Waals surface area contributed by atoms with Gasteiger partial charge in [-0.25, -0.2) is 0 Å². The van der Waals surface area contributed by atoms with E-state index in [1.54, 1.807) is 21.3 Å². The maximum absolute atomic E-state index is 10.3. The molecule has 69 heavy (non-hydrogen) atoms. The van der Waals surface area contributed by atoms with E-state index < -0.39 is 23.9 Å². The van der Waals surface area contributed by atoms with Gasteiger partial charge in [-0.15, -0.1) is 0 Å². The van der Waals surface area contributed by atoms with Crippen LogP contribution in [0.5, 0.6) is 0 Å². The SMILES string of the molecule is CC(C)CCCCCCCCCCCCCCC(=O)O.CC(C)CCCCCCCCCCCCCCC(=O)O.CC(C)CCCCCCCCCCCCCCC(=O)O.CCC(OC)(OC)OC. The van der Waals surface area contributed by atoms with Crippen molar-refractivity contribution < 1.29 is 43.9 Å². The highest BCUT2D eigenvalue weighted by atomic mass is 16.9. The molecule has 0 rings (SSSR count). The molecule has 0 radical (unpaired) electrons. The van der Waals surface area contributed by atoms with Crippen molar-refractivity contribution in [1.29, 1.82) is 0 Å². The fourth-order valence-corrected chi connectivity index (χ4v) is 8.47. The van der Waals surface area contributed by atoms with E-state index in [1.807, 2.05) is 6.92 Å². The Kier molecular flexibility index (Phi) is 64.8. The molecular weight excluding hydrogens is 865 g/mol. The summed E-state index contributed by atoms with van der Waals surface area (Å²) in [6.07, 6.45) is 52.6. The lowest BCUT2D eigenvalue weighted by atomic mass is 10.0. The van der Waals surface area contributed by atoms with Crippen molar-refractivity contribution in [2.45, 2.75) is 331 Å². The first-order chi connectivity index (χ1) is 33.1. The zero-order valence-corrected chi connectivity index (χ0v) is 47.9. The third-order valence-corrected chi connectivity index (χ3v) is 13.1. The predicted molar refractivity (Wildman–Crippen MR) is 295 cm³/mol. The molecule has 0 bridgehead atoms. The van der Waals surface area contributed by atoms with Crippen LogP contribution in [0.15, 0.2) is 0 Å². The van der Waals surface area contributed by atoms with E-state index in [9.17, 15) is 14.4 Å². The van der Waals surface area contributed by atoms with Crippen LogP contribution >= 0.6 is 0 Å². The van der Waals surface area contributed by atoms with Crippen molar-refractivity contribution in [3.8, 4) is 0 Å². The third kappa shape index (κ3) is 72.9. The Morgan fingerprint density at radius 2 is 0.449 bits per heavy atom. The molecular formula is C60H122O9. The summed E-state index contributed by atoms with van der Waals surface area (Å²) >= 11 is 0. The monoisotopic (exact) mass is 987 g/mol. The van der Waals surface area contributed by atoms with Gasteiger partial charge in [-0.3, -0.25) is 14.4 Å². The zero-order chi connectivity index (χ0) is 52.5. The highest BCUT2D eigenvalue weighted by Crippen LogP contribution is 2.18. The molecule has 416 valence electrons. The molecule has 0 aromatic rings. The Morgan fingerprint density at radius 1 is 0.304 bits per heavy atom. The first-order valence-corrected chi connectivity index (χ1v) is 29.4. The van der Waals surface area contributed by atoms with Crippen molar-refractivity contribution in [2.75, 3.05) is 21.3 Å². The van der Waals surface area contributed by atoms with Crippen LogP contribution in [0.3, 0.4) is 0 Å². The second kappa shape index (κ2) is 60.6. The summed E-state index contributed by atoms with van der Waals surface area (Å²) in [5.74, 6) is -0.198. The number of aliphatic carboxylic acids is 3. The van der Waals surface area contributed by atoms with Crippen LogP contribution in [0, 0.1) is 17.8 Å². The molecule has 0 aliphatic heterocycles. The molecule has 3 N–H and O–H groups in total. The molecule has 0 aliphatic rings. The lowest BCUT2D eigenvalue weighted by molar-refractivity contribution is -0.352. The van der Waals surface area contributed by atoms with Gasteiger partial charge >= 0.3 is 17.9 Å². The van der Waals surface area contributed by atoms with Crippen LogP contribution in [0.4, 0.5) is 0 Å². The molecule has 0 aliphatic carbocycles. The molecule has 0 saturated carbocycles. The summed E-state index contributed by atoms with van der Waals surface area (Å²) in [6.45, 7) is 15.8. The van der Waals surface area contributed by atoms with Crippen molar-refractivity contribution >= 4 is 17.9 Å². The summed E-state index contributed by atoms with van der Waals surface area (Å²) in [4.78, 5) is 31.0. The molecule has 0 aromatic heterocycles. The van der Waals surface area contributed by atoms with Gasteiger partial charge in [0, 0.05) is 47.0 Å². The largest absolute Gasteiger partial charge is 0.481 e. The molecule has 0 fully saturated rings. The second-order valence-corrected chi connectivity index (χ2v) is 21.4. The molecule has 9 heteroatoms. The average molecular weight is 988 g/mol. The maximum Gasteiger partial charge on any atom is 0.303 e. The quantitative estimate of drug-likeness (QED) is 0.0401. The predicted octanol–water partition coefficient (Wildman–Crippen LogP) is 19.6. The van der Waals surface area contributed by atoms with Gasteiger partial charge < -0.3 is 29.5 Å². The molecule has 0 heterocycles. The van der Waals surface area contributed by atoms with Crippen LogP contribution in [-0.2, 0) is 28.6 Å². The smallest absolute Gasteiger partial charge is 0.303 e. The number of ether oxygens (including phenoxy) is 3. The van der Waals surface area contributed by atoms with Crippen molar-refractivity contribution in [1.82, 2.24) is 0 Å². The minimum Gasteiger partial charge on any atom is -0.481 e. The van der Waals surface area contributed by atoms with Crippen LogP contribution in [0.25, 0.3) is 0 Å². The van der Waals surface area contributed by atoms with Crippen LogP contribution in [-0.4, -0.2) is 60.5 Å². The normalized spacial score (nSPS) is 11.3. The standard InChI is InChI=1S/3C18H36O2.C6H14O3/c3*1-17(2)15-13-11-9-7-5-3-4-6-8-10-12-14-16-18(19)20;1-5-6(7-2,8-3)9-4/h3*17H,3-16H2,1-2H3,(H,19,20);5H2,1-4H3. The van der Waals surface area contributed by atoms with Crippen LogP contribution < -0.4 is 0 Å². The van der Waals surface area contributed by atoms with Crippen molar-refractivity contribution in [3.63, 3.8) is 0 Å². The second-order valence-electron chi connectivity index (χ2n) is 21.4. The number of hydrogen-bond donors (Lipinski definition) is 3. The van der Waals surface area contributed by atoms with Gasteiger partial charge in [0.15, 0.2) is 0 Å². The first-order valence-electron chi connectivity index (χ1n) is 29.4. The maximum atomic E-state index is 10.3. The summed E-state index contributed by atoms with van der Waals surface area (Å²) in [5, 5.41) is 25.6. The molecule has 0 spiro atoms. The van der Waals surface area contributed by atoms with Crippen molar-refractivity contribution in [2.24, 2.45) is 17.8 Å². The molecule has 0 saturated heterocycles. The first kappa shape index (κ1) is 73.8. The van der Waals surface area contributed by atoms with E-state index in [1.165, 1.54) is 212 Å². The van der Waals surface area contributed by atoms with Gasteiger partial charge in [-0.2, -0.15) is 0 Å². The number of unbranched alkanes of at least 4 members (excludes halogenated alkanes) is 33. The van der Waals surface area contributed by atoms with Crippen LogP contribution in [0.2, 0.25) is 0 Å².